The molecule has 0 aromatic carbocycles. The molecule has 0 aromatic heterocycles. The number of hydrogen-bond acceptors (Lipinski definition) is 13. The molecule has 13 nitrogen and oxygen atoms in total. The van der Waals surface area contributed by atoms with Gasteiger partial charge in [-0.25, -0.2) is 0 Å². The van der Waals surface area contributed by atoms with Gasteiger partial charge in [-0.2, -0.15) is 0 Å². The average Bonchev–Trinajstić information content (AvgIpc) is 3.45. The summed E-state index contributed by atoms with van der Waals surface area (Å²) in [7, 11) is 0. The van der Waals surface area contributed by atoms with Crippen LogP contribution in [0.1, 0.15) is 113 Å². The number of fused-ring (bicyclic) bond motifs is 2. The first-order valence-corrected chi connectivity index (χ1v) is 20.7. The highest BCUT2D eigenvalue weighted by molar-refractivity contribution is 5.33. The third-order valence-corrected chi connectivity index (χ3v) is 17.6. The highest BCUT2D eigenvalue weighted by Crippen LogP contribution is 2.89. The first kappa shape index (κ1) is 40.3. The van der Waals surface area contributed by atoms with E-state index >= 15 is 0 Å². The number of rotatable bonds is 6. The van der Waals surface area contributed by atoms with Crippen LogP contribution in [-0.2, 0) is 23.7 Å². The molecule has 0 bridgehead atoms. The second kappa shape index (κ2) is 12.7. The zero-order valence-electron chi connectivity index (χ0n) is 33.4. The molecule has 8 aliphatic rings. The molecule has 0 radical (unpaired) electrons. The lowest BCUT2D eigenvalue weighted by Crippen LogP contribution is -2.65. The van der Waals surface area contributed by atoms with E-state index in [1.165, 1.54) is 0 Å². The van der Waals surface area contributed by atoms with Gasteiger partial charge in [-0.3, -0.25) is 0 Å². The van der Waals surface area contributed by atoms with Crippen molar-refractivity contribution < 1.29 is 64.5 Å². The Hall–Kier alpha value is -0.520. The largest absolute Gasteiger partial charge is 0.393 e. The van der Waals surface area contributed by atoms with Crippen molar-refractivity contribution in [2.75, 3.05) is 6.61 Å². The minimum Gasteiger partial charge on any atom is -0.393 e. The normalized spacial score (nSPS) is 59.6. The van der Waals surface area contributed by atoms with Crippen LogP contribution in [0.25, 0.3) is 0 Å². The summed E-state index contributed by atoms with van der Waals surface area (Å²) in [6.45, 7) is 16.3. The van der Waals surface area contributed by atoms with E-state index in [2.05, 4.69) is 34.6 Å². The molecule has 5 aliphatic carbocycles. The zero-order valence-corrected chi connectivity index (χ0v) is 33.4. The highest BCUT2D eigenvalue weighted by atomic mass is 16.7. The Kier molecular flexibility index (Phi) is 9.50. The Labute approximate surface area is 319 Å². The van der Waals surface area contributed by atoms with Gasteiger partial charge in [0.05, 0.1) is 48.3 Å². The summed E-state index contributed by atoms with van der Waals surface area (Å²) in [5.74, 6) is -0.0738. The quantitative estimate of drug-likeness (QED) is 0.182. The average molecular weight is 769 g/mol. The molecule has 0 amide bonds. The lowest BCUT2D eigenvalue weighted by Gasteiger charge is -2.65. The number of hydrogen-bond donors (Lipinski definition) is 8. The van der Waals surface area contributed by atoms with E-state index in [-0.39, 0.29) is 52.1 Å². The van der Waals surface area contributed by atoms with Crippen LogP contribution in [0, 0.1) is 44.8 Å². The predicted octanol–water partition coefficient (Wildman–Crippen LogP) is 1.75. The molecule has 0 aromatic rings. The Morgan fingerprint density at radius 3 is 2.04 bits per heavy atom. The van der Waals surface area contributed by atoms with E-state index in [9.17, 15) is 40.9 Å². The van der Waals surface area contributed by atoms with E-state index in [4.69, 9.17) is 23.7 Å². The maximum atomic E-state index is 12.2. The monoisotopic (exact) mass is 768 g/mol. The van der Waals surface area contributed by atoms with E-state index in [1.807, 2.05) is 0 Å². The van der Waals surface area contributed by atoms with Crippen molar-refractivity contribution in [1.29, 1.82) is 0 Å². The van der Waals surface area contributed by atoms with Gasteiger partial charge >= 0.3 is 0 Å². The highest BCUT2D eigenvalue weighted by Gasteiger charge is 2.85. The molecule has 3 aliphatic heterocycles. The van der Waals surface area contributed by atoms with E-state index < -0.39 is 90.2 Å². The second-order valence-electron chi connectivity index (χ2n) is 21.0. The van der Waals surface area contributed by atoms with Gasteiger partial charge in [0.15, 0.2) is 12.6 Å². The molecule has 3 saturated heterocycles. The number of aliphatic hydroxyl groups is 8. The van der Waals surface area contributed by atoms with Crippen LogP contribution in [0.5, 0.6) is 0 Å². The number of aliphatic hydroxyl groups excluding tert-OH is 7. The van der Waals surface area contributed by atoms with Gasteiger partial charge in [0, 0.05) is 5.92 Å². The maximum Gasteiger partial charge on any atom is 0.186 e. The van der Waals surface area contributed by atoms with Gasteiger partial charge in [-0.1, -0.05) is 27.7 Å². The lowest BCUT2D eigenvalue weighted by atomic mass is 9.41. The van der Waals surface area contributed by atoms with Gasteiger partial charge in [0.2, 0.25) is 0 Å². The Bertz CT molecular complexity index is 1440. The molecule has 13 heteroatoms. The molecular weight excluding hydrogens is 700 g/mol. The van der Waals surface area contributed by atoms with E-state index in [0.29, 0.717) is 19.3 Å². The maximum absolute atomic E-state index is 12.2. The van der Waals surface area contributed by atoms with Crippen molar-refractivity contribution in [2.24, 2.45) is 44.8 Å². The lowest BCUT2D eigenvalue weighted by molar-refractivity contribution is -0.335. The second-order valence-corrected chi connectivity index (χ2v) is 21.0. The van der Waals surface area contributed by atoms with Crippen LogP contribution in [0.3, 0.4) is 0 Å². The minimum atomic E-state index is -1.47. The standard InChI is InChI=1S/C41H68O13/c1-19-26(44)28(46)30(48)34(51-19)52-22-15-23-38(7)16-20(42)31(39(8)11-9-25(54-39)36(4,5)49)37(38,6)13-14-40(23)18-41(40)12-10-24(35(2,3)32(22)41)53-33-29(47)27(45)21(43)17-50-33/h19-34,42-49H,9-18H2,1-8H3/t19-,20-,21+,22-,23-,24-,25-,26-,27-,28+,29+,30+,31-,32-,33-,34-,37+,38-,39+,40-,41+/m0/s1. The van der Waals surface area contributed by atoms with Crippen LogP contribution in [-0.4, -0.2) is 138 Å². The zero-order chi connectivity index (χ0) is 39.3. The van der Waals surface area contributed by atoms with Gasteiger partial charge in [-0.15, -0.1) is 0 Å². The van der Waals surface area contributed by atoms with Crippen LogP contribution in [0.15, 0.2) is 0 Å². The summed E-state index contributed by atoms with van der Waals surface area (Å²) in [6, 6.07) is 0. The summed E-state index contributed by atoms with van der Waals surface area (Å²) in [6.07, 6.45) is -5.87. The fourth-order valence-corrected chi connectivity index (χ4v) is 14.8. The molecule has 2 spiro atoms. The third kappa shape index (κ3) is 5.43. The van der Waals surface area contributed by atoms with Gasteiger partial charge in [-0.05, 0) is 124 Å². The first-order valence-electron chi connectivity index (χ1n) is 20.7. The molecule has 310 valence electrons. The van der Waals surface area contributed by atoms with Crippen molar-refractivity contribution in [2.45, 2.75) is 204 Å². The van der Waals surface area contributed by atoms with Crippen molar-refractivity contribution in [3.05, 3.63) is 0 Å². The van der Waals surface area contributed by atoms with Crippen LogP contribution in [0.2, 0.25) is 0 Å². The van der Waals surface area contributed by atoms with Crippen molar-refractivity contribution >= 4 is 0 Å². The van der Waals surface area contributed by atoms with Crippen LogP contribution < -0.4 is 0 Å². The molecule has 8 fully saturated rings. The first-order chi connectivity index (χ1) is 25.0. The summed E-state index contributed by atoms with van der Waals surface area (Å²) in [5.41, 5.74) is -2.90. The van der Waals surface area contributed by atoms with Crippen LogP contribution >= 0.6 is 0 Å². The Morgan fingerprint density at radius 2 is 1.37 bits per heavy atom. The van der Waals surface area contributed by atoms with Gasteiger partial charge < -0.3 is 64.5 Å². The summed E-state index contributed by atoms with van der Waals surface area (Å²) < 4.78 is 32.1. The molecule has 21 atom stereocenters. The molecule has 0 unspecified atom stereocenters. The van der Waals surface area contributed by atoms with Crippen molar-refractivity contribution in [1.82, 2.24) is 0 Å². The Balaban J connectivity index is 1.15. The topological polar surface area (TPSA) is 208 Å². The smallest absolute Gasteiger partial charge is 0.186 e. The minimum absolute atomic E-state index is 0.0219. The van der Waals surface area contributed by atoms with Crippen molar-refractivity contribution in [3.8, 4) is 0 Å². The van der Waals surface area contributed by atoms with Crippen molar-refractivity contribution in [3.63, 3.8) is 0 Å². The SMILES string of the molecule is C[C@@H]1O[C@@H](O[C@H]2C[C@@H]3[C@]4(CC[C@]5(C)[C@@H]([C@@]6(C)CC[C@@H](C(C)(C)O)O6)[C@@H](O)C[C@@]35C)C[C@@]43CC[C@H](O[C@@H]4OC[C@@H](O)[C@H](O)[C@H]4O)C(C)(C)[C@H]23)[C@H](O)[C@H](O)[C@H]1O. The predicted molar refractivity (Wildman–Crippen MR) is 192 cm³/mol. The number of ether oxygens (including phenoxy) is 5. The molecule has 8 N–H and O–H groups in total. The van der Waals surface area contributed by atoms with Gasteiger partial charge in [0.25, 0.3) is 0 Å². The van der Waals surface area contributed by atoms with E-state index in [0.717, 1.165) is 38.5 Å². The molecule has 54 heavy (non-hydrogen) atoms. The molecule has 8 rings (SSSR count). The fraction of sp³-hybridized carbons (Fsp3) is 1.00. The molecule has 3 heterocycles. The van der Waals surface area contributed by atoms with Gasteiger partial charge in [0.1, 0.15) is 36.6 Å². The summed E-state index contributed by atoms with van der Waals surface area (Å²) in [5, 5.41) is 87.1. The third-order valence-electron chi connectivity index (χ3n) is 17.6. The Morgan fingerprint density at radius 1 is 0.685 bits per heavy atom. The van der Waals surface area contributed by atoms with Crippen LogP contribution in [0.4, 0.5) is 0 Å². The van der Waals surface area contributed by atoms with E-state index in [1.54, 1.807) is 20.8 Å². The summed E-state index contributed by atoms with van der Waals surface area (Å²) >= 11 is 0. The molecule has 5 saturated carbocycles. The fourth-order valence-electron chi connectivity index (χ4n) is 14.8. The molecular formula is C41H68O13. The summed E-state index contributed by atoms with van der Waals surface area (Å²) in [4.78, 5) is 0.